The molecule has 9 nitrogen and oxygen atoms in total. The van der Waals surface area contributed by atoms with Gasteiger partial charge in [-0.25, -0.2) is 19.9 Å². The largest absolute Gasteiger partial charge is 0.440 e. The first-order valence-electron chi connectivity index (χ1n) is 12.2. The molecule has 10 heteroatoms. The van der Waals surface area contributed by atoms with E-state index >= 15 is 0 Å². The first-order valence-corrected chi connectivity index (χ1v) is 13.1. The van der Waals surface area contributed by atoms with Crippen molar-refractivity contribution in [3.05, 3.63) is 115 Å². The van der Waals surface area contributed by atoms with Crippen LogP contribution in [0.3, 0.4) is 0 Å². The van der Waals surface area contributed by atoms with E-state index in [0.717, 1.165) is 9.80 Å². The second-order valence-corrected chi connectivity index (χ2v) is 10.0. The van der Waals surface area contributed by atoms with Crippen LogP contribution in [0, 0.1) is 0 Å². The van der Waals surface area contributed by atoms with Crippen molar-refractivity contribution in [3.8, 4) is 0 Å². The van der Waals surface area contributed by atoms with E-state index < -0.39 is 23.3 Å². The van der Waals surface area contributed by atoms with Gasteiger partial charge in [0.15, 0.2) is 23.2 Å². The molecular weight excluding hydrogens is 514 g/mol. The van der Waals surface area contributed by atoms with E-state index in [2.05, 4.69) is 15.0 Å². The molecule has 2 aromatic heterocycles. The number of aromatic nitrogens is 4. The summed E-state index contributed by atoms with van der Waals surface area (Å²) in [7, 11) is 0. The molecule has 0 spiro atoms. The number of thioether (sulfide) groups is 1. The van der Waals surface area contributed by atoms with Crippen molar-refractivity contribution in [2.75, 3.05) is 4.90 Å². The van der Waals surface area contributed by atoms with Crippen LogP contribution in [0.4, 0.5) is 5.82 Å². The van der Waals surface area contributed by atoms with Crippen molar-refractivity contribution in [3.63, 3.8) is 0 Å². The highest BCUT2D eigenvalue weighted by Gasteiger charge is 2.38. The number of anilines is 1. The highest BCUT2D eigenvalue weighted by molar-refractivity contribution is 8.00. The Kier molecular flexibility index (Phi) is 6.60. The number of rotatable bonds is 6. The Morgan fingerprint density at radius 1 is 0.821 bits per heavy atom. The van der Waals surface area contributed by atoms with Gasteiger partial charge in [-0.2, -0.15) is 0 Å². The summed E-state index contributed by atoms with van der Waals surface area (Å²) in [4.78, 5) is 55.1. The number of imide groups is 1. The smallest absolute Gasteiger partial charge is 0.321 e. The van der Waals surface area contributed by atoms with Crippen molar-refractivity contribution in [1.82, 2.24) is 19.5 Å². The molecule has 0 saturated carbocycles. The molecule has 1 saturated heterocycles. The zero-order valence-electron chi connectivity index (χ0n) is 20.5. The maximum atomic E-state index is 13.7. The minimum absolute atomic E-state index is 0.0426. The normalized spacial score (nSPS) is 16.7. The van der Waals surface area contributed by atoms with Crippen molar-refractivity contribution in [2.45, 2.75) is 22.8 Å². The number of nitrogens with zero attached hydrogens (tertiary/aromatic N) is 5. The fourth-order valence-corrected chi connectivity index (χ4v) is 5.44. The highest BCUT2D eigenvalue weighted by Crippen LogP contribution is 2.38. The monoisotopic (exact) mass is 535 g/mol. The van der Waals surface area contributed by atoms with Crippen molar-refractivity contribution in [1.29, 1.82) is 0 Å². The summed E-state index contributed by atoms with van der Waals surface area (Å²) >= 11 is 1.44. The number of carbonyl (C=O) groups excluding carboxylic acids is 3. The van der Waals surface area contributed by atoms with E-state index in [1.165, 1.54) is 24.4 Å². The lowest BCUT2D eigenvalue weighted by atomic mass is 10.1. The average molecular weight is 536 g/mol. The van der Waals surface area contributed by atoms with Gasteiger partial charge in [-0.05, 0) is 36.4 Å². The molecule has 0 bridgehead atoms. The van der Waals surface area contributed by atoms with E-state index in [1.807, 2.05) is 30.3 Å². The fraction of sp³-hybridized carbons (Fsp3) is 0.103. The number of benzene rings is 3. The Morgan fingerprint density at radius 3 is 2.03 bits per heavy atom. The van der Waals surface area contributed by atoms with E-state index in [4.69, 9.17) is 4.74 Å². The van der Waals surface area contributed by atoms with Crippen LogP contribution in [0.15, 0.2) is 109 Å². The third-order valence-electron chi connectivity index (χ3n) is 6.26. The topological polar surface area (TPSA) is 107 Å². The molecule has 5 aromatic rings. The zero-order valence-corrected chi connectivity index (χ0v) is 21.3. The predicted molar refractivity (Wildman–Crippen MR) is 145 cm³/mol. The number of imidazole rings is 1. The van der Waals surface area contributed by atoms with E-state index in [1.54, 1.807) is 65.2 Å². The summed E-state index contributed by atoms with van der Waals surface area (Å²) < 4.78 is 7.33. The maximum absolute atomic E-state index is 13.7. The fourth-order valence-electron chi connectivity index (χ4n) is 4.39. The Morgan fingerprint density at radius 2 is 1.41 bits per heavy atom. The summed E-state index contributed by atoms with van der Waals surface area (Å²) in [6.07, 6.45) is 2.52. The minimum Gasteiger partial charge on any atom is -0.440 e. The summed E-state index contributed by atoms with van der Waals surface area (Å²) in [5.74, 6) is -1.39. The highest BCUT2D eigenvalue weighted by atomic mass is 32.2. The van der Waals surface area contributed by atoms with Crippen LogP contribution in [0.2, 0.25) is 0 Å². The molecule has 0 N–H and O–H groups in total. The maximum Gasteiger partial charge on any atom is 0.321 e. The third kappa shape index (κ3) is 4.77. The Labute approximate surface area is 227 Å². The molecule has 0 aliphatic carbocycles. The molecule has 3 aromatic carbocycles. The van der Waals surface area contributed by atoms with Gasteiger partial charge in [0.2, 0.25) is 0 Å². The average Bonchev–Trinajstić information content (AvgIpc) is 3.58. The Bertz CT molecular complexity index is 1610. The van der Waals surface area contributed by atoms with E-state index in [-0.39, 0.29) is 17.3 Å². The Balaban J connectivity index is 1.37. The van der Waals surface area contributed by atoms with Crippen LogP contribution >= 0.6 is 11.8 Å². The summed E-state index contributed by atoms with van der Waals surface area (Å²) in [6, 6.07) is 26.6. The lowest BCUT2D eigenvalue weighted by Gasteiger charge is -2.20. The van der Waals surface area contributed by atoms with Gasteiger partial charge in [0.25, 0.3) is 11.8 Å². The van der Waals surface area contributed by atoms with Gasteiger partial charge in [-0.1, -0.05) is 54.6 Å². The van der Waals surface area contributed by atoms with Crippen LogP contribution < -0.4 is 4.90 Å². The molecule has 1 aliphatic rings. The molecule has 192 valence electrons. The van der Waals surface area contributed by atoms with Crippen molar-refractivity contribution < 1.29 is 19.1 Å². The molecule has 3 heterocycles. The summed E-state index contributed by atoms with van der Waals surface area (Å²) in [5.41, 5.74) is 1.22. The molecule has 1 fully saturated rings. The molecule has 6 rings (SSSR count). The van der Waals surface area contributed by atoms with Gasteiger partial charge in [-0.3, -0.25) is 19.0 Å². The first-order chi connectivity index (χ1) is 19.1. The van der Waals surface area contributed by atoms with Crippen LogP contribution in [-0.4, -0.2) is 42.6 Å². The van der Waals surface area contributed by atoms with Gasteiger partial charge >= 0.3 is 5.97 Å². The van der Waals surface area contributed by atoms with Crippen LogP contribution in [0.1, 0.15) is 33.4 Å². The van der Waals surface area contributed by atoms with E-state index in [9.17, 15) is 14.4 Å². The Hall–Kier alpha value is -4.83. The minimum atomic E-state index is -0.644. The lowest BCUT2D eigenvalue weighted by Crippen LogP contribution is -2.38. The lowest BCUT2D eigenvalue weighted by molar-refractivity contribution is -0.143. The molecule has 0 radical (unpaired) electrons. The zero-order chi connectivity index (χ0) is 26.8. The molecule has 0 unspecified atom stereocenters. The van der Waals surface area contributed by atoms with Gasteiger partial charge in [0, 0.05) is 22.4 Å². The van der Waals surface area contributed by atoms with Gasteiger partial charge < -0.3 is 4.74 Å². The van der Waals surface area contributed by atoms with E-state index in [0.29, 0.717) is 23.2 Å². The van der Waals surface area contributed by atoms with Gasteiger partial charge in [0.05, 0.1) is 0 Å². The number of fused-ring (bicyclic) bond motifs is 1. The number of carbonyl (C=O) groups is 3. The molecule has 1 aliphatic heterocycles. The van der Waals surface area contributed by atoms with Crippen molar-refractivity contribution in [2.24, 2.45) is 0 Å². The number of hydrogen-bond acceptors (Lipinski definition) is 8. The van der Waals surface area contributed by atoms with Crippen LogP contribution in [-0.2, 0) is 9.53 Å². The van der Waals surface area contributed by atoms with Crippen LogP contribution in [0.25, 0.3) is 11.2 Å². The second kappa shape index (κ2) is 10.5. The summed E-state index contributed by atoms with van der Waals surface area (Å²) in [5, 5.41) is -0.396. The molecule has 2 amide bonds. The predicted octanol–water partition coefficient (Wildman–Crippen LogP) is 4.92. The molecule has 2 atom stereocenters. The van der Waals surface area contributed by atoms with Crippen molar-refractivity contribution >= 4 is 46.5 Å². The third-order valence-corrected chi connectivity index (χ3v) is 7.48. The number of esters is 1. The number of cyclic esters (lactones) is 1. The number of hydrogen-bond donors (Lipinski definition) is 0. The molecular formula is C29H21N5O4S. The standard InChI is InChI=1S/C29H21N5O4S/c35-27(19-10-4-1-5-11-19)34(28(36)20-12-6-2-7-13-20)26-24-25(30-17-31-26)33(18-32-24)23-16-22(29(37)38-23)39-21-14-8-3-9-15-21/h1-15,17-18,22-23H,16H2/t22-,23-/m1/s1. The van der Waals surface area contributed by atoms with Crippen LogP contribution in [0.5, 0.6) is 0 Å². The molecule has 39 heavy (non-hydrogen) atoms. The first kappa shape index (κ1) is 24.5. The van der Waals surface area contributed by atoms with Gasteiger partial charge in [-0.15, -0.1) is 11.8 Å². The quantitative estimate of drug-likeness (QED) is 0.223. The summed E-state index contributed by atoms with van der Waals surface area (Å²) in [6.45, 7) is 0. The van der Waals surface area contributed by atoms with Gasteiger partial charge in [0.1, 0.15) is 17.9 Å². The second-order valence-electron chi connectivity index (χ2n) is 8.75. The number of ether oxygens (including phenoxy) is 1. The number of amides is 2. The SMILES string of the molecule is O=C1O[C@@H](n2cnc3c(N(C(=O)c4ccccc4)C(=O)c4ccccc4)ncnc32)C[C@H]1Sc1ccccc1.